The normalized spacial score (nSPS) is 12.1. The molecule has 2 aromatic rings. The summed E-state index contributed by atoms with van der Waals surface area (Å²) >= 11 is 14.5. The Morgan fingerprint density at radius 2 is 2.24 bits per heavy atom. The van der Waals surface area contributed by atoms with Gasteiger partial charge in [0.2, 0.25) is 5.13 Å². The van der Waals surface area contributed by atoms with E-state index < -0.39 is 5.25 Å². The number of carbonyl (C=O) groups excluding carboxylic acids is 1. The molecule has 0 saturated carbocycles. The lowest BCUT2D eigenvalue weighted by Gasteiger charge is -2.13. The summed E-state index contributed by atoms with van der Waals surface area (Å²) in [6, 6.07) is 5.15. The minimum Gasteiger partial charge on any atom is -0.468 e. The number of halogens is 2. The van der Waals surface area contributed by atoms with Crippen molar-refractivity contribution in [2.45, 2.75) is 16.0 Å². The third-order valence-corrected chi connectivity index (χ3v) is 5.15. The predicted octanol–water partition coefficient (Wildman–Crippen LogP) is 3.30. The Kier molecular flexibility index (Phi) is 5.69. The van der Waals surface area contributed by atoms with Crippen LogP contribution in [0.3, 0.4) is 0 Å². The summed E-state index contributed by atoms with van der Waals surface area (Å²) in [5.41, 5.74) is 6.34. The Labute approximate surface area is 139 Å². The maximum atomic E-state index is 11.9. The first-order chi connectivity index (χ1) is 9.99. The molecule has 9 heteroatoms. The van der Waals surface area contributed by atoms with E-state index in [4.69, 9.17) is 33.7 Å². The molecule has 2 rings (SSSR count). The smallest absolute Gasteiger partial charge is 0.319 e. The van der Waals surface area contributed by atoms with Crippen molar-refractivity contribution in [1.29, 1.82) is 0 Å². The van der Waals surface area contributed by atoms with Gasteiger partial charge in [-0.25, -0.2) is 0 Å². The van der Waals surface area contributed by atoms with Crippen molar-refractivity contribution in [2.24, 2.45) is 0 Å². The molecule has 0 fully saturated rings. The molecule has 0 spiro atoms. The molecular formula is C12H11Cl2N3O2S2. The number of hydrogen-bond donors (Lipinski definition) is 1. The quantitative estimate of drug-likeness (QED) is 0.648. The number of hydrogen-bond acceptors (Lipinski definition) is 7. The first-order valence-corrected chi connectivity index (χ1v) is 8.22. The third-order valence-electron chi connectivity index (χ3n) is 2.55. The van der Waals surface area contributed by atoms with Crippen molar-refractivity contribution in [3.63, 3.8) is 0 Å². The van der Waals surface area contributed by atoms with Crippen molar-refractivity contribution in [3.8, 4) is 0 Å². The van der Waals surface area contributed by atoms with Crippen LogP contribution in [0.5, 0.6) is 0 Å². The second-order valence-electron chi connectivity index (χ2n) is 3.98. The molecule has 0 bridgehead atoms. The molecule has 0 unspecified atom stereocenters. The first kappa shape index (κ1) is 16.4. The van der Waals surface area contributed by atoms with E-state index in [2.05, 4.69) is 10.2 Å². The molecule has 5 nitrogen and oxygen atoms in total. The Morgan fingerprint density at radius 1 is 1.48 bits per heavy atom. The highest BCUT2D eigenvalue weighted by Crippen LogP contribution is 2.32. The fourth-order valence-corrected chi connectivity index (χ4v) is 3.99. The molecule has 0 aliphatic carbocycles. The highest BCUT2D eigenvalue weighted by molar-refractivity contribution is 8.02. The summed E-state index contributed by atoms with van der Waals surface area (Å²) in [4.78, 5) is 11.9. The molecule has 1 aromatic heterocycles. The number of rotatable bonds is 5. The zero-order valence-corrected chi connectivity index (χ0v) is 14.0. The fourth-order valence-electron chi connectivity index (χ4n) is 1.58. The predicted molar refractivity (Wildman–Crippen MR) is 86.1 cm³/mol. The number of ether oxygens (including phenoxy) is 1. The lowest BCUT2D eigenvalue weighted by Crippen LogP contribution is -2.21. The number of benzene rings is 1. The minimum absolute atomic E-state index is 0.352. The summed E-state index contributed by atoms with van der Waals surface area (Å²) < 4.78 is 5.43. The standard InChI is InChI=1S/C12H11Cl2N3O2S2/c1-19-10(18)9(20-12-17-16-11(15)21-12)4-6-2-3-7(13)5-8(6)14/h2-3,5,9H,4H2,1H3,(H2,15,16)/t9-/m0/s1. The number of nitrogens with zero attached hydrogens (tertiary/aromatic N) is 2. The van der Waals surface area contributed by atoms with Crippen molar-refractivity contribution in [3.05, 3.63) is 33.8 Å². The molecule has 112 valence electrons. The maximum Gasteiger partial charge on any atom is 0.319 e. The number of methoxy groups -OCH3 is 1. The molecule has 1 aromatic carbocycles. The van der Waals surface area contributed by atoms with Crippen LogP contribution < -0.4 is 5.73 Å². The lowest BCUT2D eigenvalue weighted by molar-refractivity contribution is -0.139. The summed E-state index contributed by atoms with van der Waals surface area (Å²) in [6.45, 7) is 0. The van der Waals surface area contributed by atoms with Gasteiger partial charge in [-0.1, -0.05) is 52.4 Å². The van der Waals surface area contributed by atoms with Crippen LogP contribution in [0.4, 0.5) is 5.13 Å². The van der Waals surface area contributed by atoms with E-state index in [0.717, 1.165) is 5.56 Å². The van der Waals surface area contributed by atoms with E-state index >= 15 is 0 Å². The van der Waals surface area contributed by atoms with Crippen molar-refractivity contribution in [1.82, 2.24) is 10.2 Å². The number of nitrogen functional groups attached to an aromatic ring is 1. The number of aromatic nitrogens is 2. The zero-order valence-electron chi connectivity index (χ0n) is 10.9. The highest BCUT2D eigenvalue weighted by Gasteiger charge is 2.24. The number of nitrogens with two attached hydrogens (primary N) is 1. The molecule has 0 aliphatic rings. The molecule has 21 heavy (non-hydrogen) atoms. The van der Waals surface area contributed by atoms with E-state index in [9.17, 15) is 4.79 Å². The molecule has 1 heterocycles. The summed E-state index contributed by atoms with van der Waals surface area (Å²) in [6.07, 6.45) is 0.396. The lowest BCUT2D eigenvalue weighted by atomic mass is 10.1. The van der Waals surface area contributed by atoms with Gasteiger partial charge in [-0.15, -0.1) is 10.2 Å². The highest BCUT2D eigenvalue weighted by atomic mass is 35.5. The van der Waals surface area contributed by atoms with Crippen LogP contribution >= 0.6 is 46.3 Å². The molecule has 0 amide bonds. The molecule has 0 radical (unpaired) electrons. The third kappa shape index (κ3) is 4.47. The summed E-state index contributed by atoms with van der Waals surface area (Å²) in [7, 11) is 1.34. The molecular weight excluding hydrogens is 353 g/mol. The van der Waals surface area contributed by atoms with Crippen LogP contribution in [0, 0.1) is 0 Å². The number of carbonyl (C=O) groups is 1. The minimum atomic E-state index is -0.485. The van der Waals surface area contributed by atoms with Crippen LogP contribution in [-0.4, -0.2) is 28.5 Å². The largest absolute Gasteiger partial charge is 0.468 e. The van der Waals surface area contributed by atoms with Gasteiger partial charge >= 0.3 is 5.97 Å². The number of thioether (sulfide) groups is 1. The SMILES string of the molecule is COC(=O)[C@H](Cc1ccc(Cl)cc1Cl)Sc1nnc(N)s1. The second kappa shape index (κ2) is 7.31. The van der Waals surface area contributed by atoms with Gasteiger partial charge < -0.3 is 10.5 Å². The average molecular weight is 364 g/mol. The van der Waals surface area contributed by atoms with Crippen molar-refractivity contribution < 1.29 is 9.53 Å². The second-order valence-corrected chi connectivity index (χ2v) is 7.28. The molecule has 1 atom stereocenters. The average Bonchev–Trinajstić information content (AvgIpc) is 2.85. The number of esters is 1. The molecule has 0 aliphatic heterocycles. The Balaban J connectivity index is 2.18. The van der Waals surface area contributed by atoms with E-state index in [0.29, 0.717) is 25.9 Å². The van der Waals surface area contributed by atoms with Gasteiger partial charge in [-0.2, -0.15) is 0 Å². The Hall–Kier alpha value is -1.02. The van der Waals surface area contributed by atoms with E-state index in [1.54, 1.807) is 18.2 Å². The van der Waals surface area contributed by atoms with Crippen LogP contribution in [0.15, 0.2) is 22.5 Å². The van der Waals surface area contributed by atoms with Gasteiger partial charge in [0.05, 0.1) is 7.11 Å². The molecule has 2 N–H and O–H groups in total. The first-order valence-electron chi connectivity index (χ1n) is 5.77. The summed E-state index contributed by atoms with van der Waals surface area (Å²) in [5.74, 6) is -0.361. The van der Waals surface area contributed by atoms with Crippen molar-refractivity contribution in [2.75, 3.05) is 12.8 Å². The van der Waals surface area contributed by atoms with Gasteiger partial charge in [0.1, 0.15) is 5.25 Å². The van der Waals surface area contributed by atoms with E-state index in [1.165, 1.54) is 30.2 Å². The van der Waals surface area contributed by atoms with Crippen LogP contribution in [0.1, 0.15) is 5.56 Å². The maximum absolute atomic E-state index is 11.9. The Bertz CT molecular complexity index is 651. The van der Waals surface area contributed by atoms with E-state index in [1.807, 2.05) is 0 Å². The van der Waals surface area contributed by atoms with Crippen molar-refractivity contribution >= 4 is 57.4 Å². The topological polar surface area (TPSA) is 78.1 Å². The van der Waals surface area contributed by atoms with Crippen LogP contribution in [0.25, 0.3) is 0 Å². The van der Waals surface area contributed by atoms with E-state index in [-0.39, 0.29) is 5.97 Å². The fraction of sp³-hybridized carbons (Fsp3) is 0.250. The van der Waals surface area contributed by atoms with Crippen LogP contribution in [0.2, 0.25) is 10.0 Å². The van der Waals surface area contributed by atoms with Gasteiger partial charge in [-0.3, -0.25) is 4.79 Å². The summed E-state index contributed by atoms with van der Waals surface area (Å²) in [5, 5.41) is 8.54. The van der Waals surface area contributed by atoms with Crippen LogP contribution in [-0.2, 0) is 16.0 Å². The Morgan fingerprint density at radius 3 is 2.81 bits per heavy atom. The monoisotopic (exact) mass is 363 g/mol. The van der Waals surface area contributed by atoms with Gasteiger partial charge in [0, 0.05) is 10.0 Å². The van der Waals surface area contributed by atoms with Gasteiger partial charge in [0.15, 0.2) is 4.34 Å². The zero-order chi connectivity index (χ0) is 15.4. The number of anilines is 1. The molecule has 0 saturated heterocycles. The van der Waals surface area contributed by atoms with Gasteiger partial charge in [-0.05, 0) is 24.1 Å². The van der Waals surface area contributed by atoms with Gasteiger partial charge in [0.25, 0.3) is 0 Å².